The van der Waals surface area contributed by atoms with Crippen LogP contribution in [0.25, 0.3) is 10.9 Å². The average Bonchev–Trinajstić information content (AvgIpc) is 3.16. The summed E-state index contributed by atoms with van der Waals surface area (Å²) in [6.07, 6.45) is 2.35. The molecule has 3 heterocycles. The molecule has 0 radical (unpaired) electrons. The van der Waals surface area contributed by atoms with Crippen LogP contribution >= 0.6 is 0 Å². The first-order valence-corrected chi connectivity index (χ1v) is 9.52. The molecule has 2 aromatic carbocycles. The summed E-state index contributed by atoms with van der Waals surface area (Å²) in [5.41, 5.74) is 3.38. The quantitative estimate of drug-likeness (QED) is 0.773. The number of rotatable bonds is 3. The van der Waals surface area contributed by atoms with Gasteiger partial charge in [0.2, 0.25) is 5.56 Å². The number of H-pyrrole nitrogens is 1. The van der Waals surface area contributed by atoms with Gasteiger partial charge in [0, 0.05) is 24.2 Å². The van der Waals surface area contributed by atoms with Gasteiger partial charge in [-0.3, -0.25) is 9.69 Å². The first-order valence-electron chi connectivity index (χ1n) is 9.52. The maximum atomic E-state index is 11.5. The topological polar surface area (TPSA) is 54.6 Å². The highest BCUT2D eigenvalue weighted by Crippen LogP contribution is 2.38. The van der Waals surface area contributed by atoms with Crippen LogP contribution in [-0.2, 0) is 6.54 Å². The van der Waals surface area contributed by atoms with E-state index in [1.807, 2.05) is 18.2 Å². The Balaban J connectivity index is 1.40. The molecule has 5 nitrogen and oxygen atoms in total. The van der Waals surface area contributed by atoms with Crippen LogP contribution in [0.2, 0.25) is 0 Å². The minimum atomic E-state index is -0.0616. The van der Waals surface area contributed by atoms with E-state index in [1.165, 1.54) is 17.5 Å². The molecule has 0 unspecified atom stereocenters. The Morgan fingerprint density at radius 1 is 1.00 bits per heavy atom. The Labute approximate surface area is 157 Å². The van der Waals surface area contributed by atoms with Crippen LogP contribution in [0.1, 0.15) is 30.0 Å². The number of benzene rings is 2. The van der Waals surface area contributed by atoms with Gasteiger partial charge in [0.05, 0.1) is 0 Å². The fourth-order valence-electron chi connectivity index (χ4n) is 4.20. The Kier molecular flexibility index (Phi) is 4.09. The molecular formula is C22H22N2O3. The van der Waals surface area contributed by atoms with E-state index < -0.39 is 0 Å². The minimum Gasteiger partial charge on any atom is -0.486 e. The summed E-state index contributed by atoms with van der Waals surface area (Å²) in [5.74, 6) is 1.71. The molecular weight excluding hydrogens is 340 g/mol. The van der Waals surface area contributed by atoms with Gasteiger partial charge in [-0.2, -0.15) is 0 Å². The van der Waals surface area contributed by atoms with Crippen molar-refractivity contribution in [3.05, 3.63) is 70.0 Å². The van der Waals surface area contributed by atoms with Gasteiger partial charge in [0.1, 0.15) is 13.2 Å². The molecule has 2 aliphatic rings. The lowest BCUT2D eigenvalue weighted by atomic mass is 10.0. The van der Waals surface area contributed by atoms with E-state index in [0.717, 1.165) is 41.9 Å². The summed E-state index contributed by atoms with van der Waals surface area (Å²) < 4.78 is 11.4. The predicted molar refractivity (Wildman–Crippen MR) is 104 cm³/mol. The number of ether oxygens (including phenoxy) is 2. The summed E-state index contributed by atoms with van der Waals surface area (Å²) in [6, 6.07) is 16.5. The fraction of sp³-hybridized carbons (Fsp3) is 0.318. The third kappa shape index (κ3) is 3.19. The molecule has 2 aliphatic heterocycles. The lowest BCUT2D eigenvalue weighted by molar-refractivity contribution is 0.170. The van der Waals surface area contributed by atoms with Gasteiger partial charge < -0.3 is 14.5 Å². The van der Waals surface area contributed by atoms with Crippen LogP contribution in [0.5, 0.6) is 11.5 Å². The highest BCUT2D eigenvalue weighted by atomic mass is 16.6. The summed E-state index contributed by atoms with van der Waals surface area (Å²) >= 11 is 0. The normalized spacial score (nSPS) is 19.5. The van der Waals surface area contributed by atoms with Gasteiger partial charge in [0.15, 0.2) is 11.5 Å². The molecule has 1 aromatic heterocycles. The molecule has 5 heteroatoms. The van der Waals surface area contributed by atoms with Gasteiger partial charge in [0.25, 0.3) is 0 Å². The fourth-order valence-corrected chi connectivity index (χ4v) is 4.20. The van der Waals surface area contributed by atoms with E-state index in [0.29, 0.717) is 19.3 Å². The van der Waals surface area contributed by atoms with Gasteiger partial charge >= 0.3 is 0 Å². The molecule has 1 saturated heterocycles. The molecule has 5 rings (SSSR count). The number of pyridine rings is 1. The lowest BCUT2D eigenvalue weighted by Gasteiger charge is -2.26. The highest BCUT2D eigenvalue weighted by Gasteiger charge is 2.27. The Morgan fingerprint density at radius 2 is 1.89 bits per heavy atom. The SMILES string of the molecule is O=c1ccc2cc(CN3CCC[C@@H]3c3ccc4c(c3)OCCO4)ccc2[nH]1. The van der Waals surface area contributed by atoms with Crippen molar-refractivity contribution in [3.63, 3.8) is 0 Å². The van der Waals surface area contributed by atoms with Crippen LogP contribution in [0, 0.1) is 0 Å². The molecule has 3 aromatic rings. The van der Waals surface area contributed by atoms with Crippen molar-refractivity contribution in [2.75, 3.05) is 19.8 Å². The number of nitrogens with one attached hydrogen (secondary N) is 1. The molecule has 1 N–H and O–H groups in total. The van der Waals surface area contributed by atoms with Crippen LogP contribution in [-0.4, -0.2) is 29.6 Å². The molecule has 138 valence electrons. The molecule has 0 saturated carbocycles. The number of hydrogen-bond acceptors (Lipinski definition) is 4. The van der Waals surface area contributed by atoms with E-state index >= 15 is 0 Å². The van der Waals surface area contributed by atoms with E-state index in [1.54, 1.807) is 6.07 Å². The van der Waals surface area contributed by atoms with Gasteiger partial charge in [-0.15, -0.1) is 0 Å². The summed E-state index contributed by atoms with van der Waals surface area (Å²) in [5, 5.41) is 1.07. The summed E-state index contributed by atoms with van der Waals surface area (Å²) in [6.45, 7) is 3.22. The van der Waals surface area contributed by atoms with E-state index in [4.69, 9.17) is 9.47 Å². The standard InChI is InChI=1S/C22H22N2O3/c25-22-8-5-16-12-15(3-6-18(16)23-22)14-24-9-1-2-19(24)17-4-7-20-21(13-17)27-11-10-26-20/h3-8,12-13,19H,1-2,9-11,14H2,(H,23,25)/t19-/m1/s1. The second-order valence-electron chi connectivity index (χ2n) is 7.28. The first kappa shape index (κ1) is 16.4. The molecule has 0 aliphatic carbocycles. The molecule has 0 bridgehead atoms. The van der Waals surface area contributed by atoms with E-state index in [-0.39, 0.29) is 5.56 Å². The zero-order valence-electron chi connectivity index (χ0n) is 15.1. The number of fused-ring (bicyclic) bond motifs is 2. The Hall–Kier alpha value is -2.79. The van der Waals surface area contributed by atoms with E-state index in [9.17, 15) is 4.79 Å². The third-order valence-electron chi connectivity index (χ3n) is 5.49. The van der Waals surface area contributed by atoms with E-state index in [2.05, 4.69) is 34.1 Å². The summed E-state index contributed by atoms with van der Waals surface area (Å²) in [7, 11) is 0. The first-order chi connectivity index (χ1) is 13.3. The molecule has 0 spiro atoms. The molecule has 0 amide bonds. The zero-order valence-corrected chi connectivity index (χ0v) is 15.1. The molecule has 1 atom stereocenters. The van der Waals surface area contributed by atoms with Crippen molar-refractivity contribution in [1.82, 2.24) is 9.88 Å². The monoisotopic (exact) mass is 362 g/mol. The smallest absolute Gasteiger partial charge is 0.248 e. The van der Waals surface area contributed by atoms with Crippen LogP contribution in [0.3, 0.4) is 0 Å². The maximum absolute atomic E-state index is 11.5. The maximum Gasteiger partial charge on any atom is 0.248 e. The van der Waals surface area contributed by atoms with Gasteiger partial charge in [-0.05, 0) is 66.2 Å². The lowest BCUT2D eigenvalue weighted by Crippen LogP contribution is -2.23. The Morgan fingerprint density at radius 3 is 2.81 bits per heavy atom. The van der Waals surface area contributed by atoms with Crippen LogP contribution in [0.4, 0.5) is 0 Å². The van der Waals surface area contributed by atoms with Crippen molar-refractivity contribution in [1.29, 1.82) is 0 Å². The average molecular weight is 362 g/mol. The second kappa shape index (κ2) is 6.74. The summed E-state index contributed by atoms with van der Waals surface area (Å²) in [4.78, 5) is 16.9. The Bertz CT molecular complexity index is 1040. The number of likely N-dealkylation sites (tertiary alicyclic amines) is 1. The van der Waals surface area contributed by atoms with Crippen molar-refractivity contribution in [2.45, 2.75) is 25.4 Å². The molecule has 1 fully saturated rings. The van der Waals surface area contributed by atoms with Crippen molar-refractivity contribution in [3.8, 4) is 11.5 Å². The van der Waals surface area contributed by atoms with Gasteiger partial charge in [-0.1, -0.05) is 12.1 Å². The highest BCUT2D eigenvalue weighted by molar-refractivity contribution is 5.78. The van der Waals surface area contributed by atoms with Crippen molar-refractivity contribution >= 4 is 10.9 Å². The number of nitrogens with zero attached hydrogens (tertiary/aromatic N) is 1. The third-order valence-corrected chi connectivity index (χ3v) is 5.49. The number of hydrogen-bond donors (Lipinski definition) is 1. The predicted octanol–water partition coefficient (Wildman–Crippen LogP) is 3.64. The second-order valence-corrected chi connectivity index (χ2v) is 7.28. The molecule has 27 heavy (non-hydrogen) atoms. The van der Waals surface area contributed by atoms with Gasteiger partial charge in [-0.25, -0.2) is 0 Å². The zero-order chi connectivity index (χ0) is 18.2. The van der Waals surface area contributed by atoms with Crippen molar-refractivity contribution in [2.24, 2.45) is 0 Å². The number of aromatic amines is 1. The minimum absolute atomic E-state index is 0.0616. The largest absolute Gasteiger partial charge is 0.486 e. The number of aromatic nitrogens is 1. The van der Waals surface area contributed by atoms with Crippen molar-refractivity contribution < 1.29 is 9.47 Å². The van der Waals surface area contributed by atoms with Crippen LogP contribution < -0.4 is 15.0 Å². The van der Waals surface area contributed by atoms with Crippen LogP contribution in [0.15, 0.2) is 53.3 Å².